The highest BCUT2D eigenvalue weighted by Gasteiger charge is 2.24. The molecule has 0 heterocycles. The molecule has 5 heteroatoms. The van der Waals surface area contributed by atoms with E-state index in [1.54, 1.807) is 39.0 Å². The molecule has 0 atom stereocenters. The van der Waals surface area contributed by atoms with Gasteiger partial charge >= 0.3 is 0 Å². The molecule has 0 fully saturated rings. The van der Waals surface area contributed by atoms with Gasteiger partial charge in [0.2, 0.25) is 5.91 Å². The van der Waals surface area contributed by atoms with Gasteiger partial charge < -0.3 is 16.8 Å². The summed E-state index contributed by atoms with van der Waals surface area (Å²) in [5, 5.41) is 2.78. The number of hydrogen-bond acceptors (Lipinski definition) is 3. The van der Waals surface area contributed by atoms with Crippen molar-refractivity contribution in [3.05, 3.63) is 29.3 Å². The van der Waals surface area contributed by atoms with Crippen LogP contribution in [0.4, 0.5) is 5.69 Å². The van der Waals surface area contributed by atoms with Crippen LogP contribution in [0.15, 0.2) is 18.2 Å². The van der Waals surface area contributed by atoms with Crippen molar-refractivity contribution in [2.75, 3.05) is 5.73 Å². The standard InChI is InChI=1S/C13H19N3O2/c1-8-9(5-4-6-10(8)14)12(18)16-13(2,3)7-11(15)17/h4-6H,7,14H2,1-3H3,(H2,15,17)(H,16,18). The number of amides is 2. The molecular formula is C13H19N3O2. The van der Waals surface area contributed by atoms with E-state index in [-0.39, 0.29) is 12.3 Å². The highest BCUT2D eigenvalue weighted by molar-refractivity contribution is 5.97. The number of rotatable bonds is 4. The van der Waals surface area contributed by atoms with Crippen molar-refractivity contribution < 1.29 is 9.59 Å². The Morgan fingerprint density at radius 3 is 2.50 bits per heavy atom. The molecule has 18 heavy (non-hydrogen) atoms. The lowest BCUT2D eigenvalue weighted by atomic mass is 9.98. The van der Waals surface area contributed by atoms with Crippen LogP contribution in [0.1, 0.15) is 36.2 Å². The molecule has 0 aliphatic carbocycles. The van der Waals surface area contributed by atoms with Gasteiger partial charge in [0.25, 0.3) is 5.91 Å². The average molecular weight is 249 g/mol. The van der Waals surface area contributed by atoms with E-state index in [0.29, 0.717) is 11.3 Å². The third-order valence-corrected chi connectivity index (χ3v) is 2.69. The molecule has 0 saturated heterocycles. The van der Waals surface area contributed by atoms with Gasteiger partial charge in [-0.15, -0.1) is 0 Å². The Kier molecular flexibility index (Phi) is 3.96. The predicted molar refractivity (Wildman–Crippen MR) is 70.9 cm³/mol. The molecule has 0 aliphatic rings. The number of hydrogen-bond donors (Lipinski definition) is 3. The number of benzene rings is 1. The first kappa shape index (κ1) is 14.0. The third-order valence-electron chi connectivity index (χ3n) is 2.69. The van der Waals surface area contributed by atoms with E-state index < -0.39 is 11.4 Å². The fourth-order valence-electron chi connectivity index (χ4n) is 1.75. The largest absolute Gasteiger partial charge is 0.398 e. The lowest BCUT2D eigenvalue weighted by molar-refractivity contribution is -0.119. The minimum atomic E-state index is -0.681. The summed E-state index contributed by atoms with van der Waals surface area (Å²) in [7, 11) is 0. The van der Waals surface area contributed by atoms with Crippen LogP contribution in [-0.2, 0) is 4.79 Å². The monoisotopic (exact) mass is 249 g/mol. The molecule has 1 aromatic rings. The molecule has 5 N–H and O–H groups in total. The van der Waals surface area contributed by atoms with Gasteiger partial charge in [-0.2, -0.15) is 0 Å². The molecule has 2 amide bonds. The van der Waals surface area contributed by atoms with Gasteiger partial charge in [-0.1, -0.05) is 6.07 Å². The summed E-state index contributed by atoms with van der Waals surface area (Å²) in [6, 6.07) is 5.15. The van der Waals surface area contributed by atoms with Crippen molar-refractivity contribution in [2.24, 2.45) is 5.73 Å². The van der Waals surface area contributed by atoms with Crippen molar-refractivity contribution in [1.29, 1.82) is 0 Å². The Balaban J connectivity index is 2.89. The lowest BCUT2D eigenvalue weighted by Crippen LogP contribution is -2.46. The van der Waals surface area contributed by atoms with E-state index >= 15 is 0 Å². The summed E-state index contributed by atoms with van der Waals surface area (Å²) in [6.07, 6.45) is 0.0834. The fraction of sp³-hybridized carbons (Fsp3) is 0.385. The molecule has 0 bridgehead atoms. The highest BCUT2D eigenvalue weighted by Crippen LogP contribution is 2.17. The summed E-state index contributed by atoms with van der Waals surface area (Å²) >= 11 is 0. The minimum Gasteiger partial charge on any atom is -0.398 e. The molecule has 0 aromatic heterocycles. The molecule has 0 unspecified atom stereocenters. The summed E-state index contributed by atoms with van der Waals surface area (Å²) in [4.78, 5) is 23.0. The highest BCUT2D eigenvalue weighted by atomic mass is 16.2. The zero-order chi connectivity index (χ0) is 13.9. The van der Waals surface area contributed by atoms with Crippen LogP contribution in [0.5, 0.6) is 0 Å². The van der Waals surface area contributed by atoms with Crippen molar-refractivity contribution in [1.82, 2.24) is 5.32 Å². The number of nitrogens with two attached hydrogens (primary N) is 2. The van der Waals surface area contributed by atoms with E-state index in [1.807, 2.05) is 0 Å². The zero-order valence-electron chi connectivity index (χ0n) is 10.9. The van der Waals surface area contributed by atoms with Crippen LogP contribution in [0.2, 0.25) is 0 Å². The van der Waals surface area contributed by atoms with Crippen LogP contribution in [0.3, 0.4) is 0 Å². The quantitative estimate of drug-likeness (QED) is 0.693. The topological polar surface area (TPSA) is 98.2 Å². The Morgan fingerprint density at radius 2 is 1.94 bits per heavy atom. The first-order valence-corrected chi connectivity index (χ1v) is 5.69. The van der Waals surface area contributed by atoms with Gasteiger partial charge in [0, 0.05) is 23.2 Å². The first-order valence-electron chi connectivity index (χ1n) is 5.69. The smallest absolute Gasteiger partial charge is 0.252 e. The van der Waals surface area contributed by atoms with Crippen LogP contribution in [-0.4, -0.2) is 17.4 Å². The SMILES string of the molecule is Cc1c(N)cccc1C(=O)NC(C)(C)CC(N)=O. The van der Waals surface area contributed by atoms with Crippen LogP contribution >= 0.6 is 0 Å². The second-order valence-electron chi connectivity index (χ2n) is 5.00. The molecule has 0 spiro atoms. The molecule has 5 nitrogen and oxygen atoms in total. The van der Waals surface area contributed by atoms with Crippen molar-refractivity contribution in [2.45, 2.75) is 32.7 Å². The normalized spacial score (nSPS) is 11.1. The first-order chi connectivity index (χ1) is 8.23. The molecule has 0 saturated carbocycles. The Bertz CT molecular complexity index is 481. The zero-order valence-corrected chi connectivity index (χ0v) is 10.9. The number of anilines is 1. The predicted octanol–water partition coefficient (Wildman–Crippen LogP) is 0.961. The van der Waals surface area contributed by atoms with Gasteiger partial charge in [-0.3, -0.25) is 9.59 Å². The van der Waals surface area contributed by atoms with Gasteiger partial charge in [0.1, 0.15) is 0 Å². The lowest BCUT2D eigenvalue weighted by Gasteiger charge is -2.25. The van der Waals surface area contributed by atoms with Crippen molar-refractivity contribution in [3.63, 3.8) is 0 Å². The summed E-state index contributed by atoms with van der Waals surface area (Å²) < 4.78 is 0. The maximum Gasteiger partial charge on any atom is 0.252 e. The minimum absolute atomic E-state index is 0.0834. The van der Waals surface area contributed by atoms with E-state index in [9.17, 15) is 9.59 Å². The average Bonchev–Trinajstić information content (AvgIpc) is 2.18. The number of primary amides is 1. The van der Waals surface area contributed by atoms with E-state index in [2.05, 4.69) is 5.32 Å². The van der Waals surface area contributed by atoms with E-state index in [1.165, 1.54) is 0 Å². The van der Waals surface area contributed by atoms with Crippen molar-refractivity contribution >= 4 is 17.5 Å². The number of nitrogen functional groups attached to an aromatic ring is 1. The summed E-state index contributed by atoms with van der Waals surface area (Å²) in [6.45, 7) is 5.28. The second kappa shape index (κ2) is 5.08. The number of carbonyl (C=O) groups excluding carboxylic acids is 2. The Morgan fingerprint density at radius 1 is 1.33 bits per heavy atom. The van der Waals surface area contributed by atoms with Gasteiger partial charge in [-0.05, 0) is 38.5 Å². The molecule has 1 aromatic carbocycles. The maximum atomic E-state index is 12.1. The van der Waals surface area contributed by atoms with Gasteiger partial charge in [-0.25, -0.2) is 0 Å². The molecule has 0 radical (unpaired) electrons. The van der Waals surface area contributed by atoms with E-state index in [4.69, 9.17) is 11.5 Å². The molecule has 98 valence electrons. The molecular weight excluding hydrogens is 230 g/mol. The molecule has 1 rings (SSSR count). The Labute approximate surface area is 107 Å². The van der Waals surface area contributed by atoms with Crippen LogP contribution in [0, 0.1) is 6.92 Å². The number of nitrogens with one attached hydrogen (secondary N) is 1. The fourth-order valence-corrected chi connectivity index (χ4v) is 1.75. The van der Waals surface area contributed by atoms with Gasteiger partial charge in [0.05, 0.1) is 0 Å². The summed E-state index contributed by atoms with van der Waals surface area (Å²) in [5.41, 5.74) is 12.0. The van der Waals surface area contributed by atoms with E-state index in [0.717, 1.165) is 5.56 Å². The van der Waals surface area contributed by atoms with Crippen LogP contribution in [0.25, 0.3) is 0 Å². The van der Waals surface area contributed by atoms with Gasteiger partial charge in [0.15, 0.2) is 0 Å². The maximum absolute atomic E-state index is 12.1. The summed E-state index contributed by atoms with van der Waals surface area (Å²) in [5.74, 6) is -0.712. The second-order valence-corrected chi connectivity index (χ2v) is 5.00. The van der Waals surface area contributed by atoms with Crippen molar-refractivity contribution in [3.8, 4) is 0 Å². The Hall–Kier alpha value is -2.04. The molecule has 0 aliphatic heterocycles. The third kappa shape index (κ3) is 3.48. The number of carbonyl (C=O) groups is 2. The van der Waals surface area contributed by atoms with Crippen LogP contribution < -0.4 is 16.8 Å².